The van der Waals surface area contributed by atoms with Gasteiger partial charge in [-0.05, 0) is 81.0 Å². The van der Waals surface area contributed by atoms with Crippen molar-refractivity contribution in [2.75, 3.05) is 19.8 Å². The van der Waals surface area contributed by atoms with Crippen LogP contribution in [0.4, 0.5) is 0 Å². The highest BCUT2D eigenvalue weighted by Crippen LogP contribution is 2.75. The summed E-state index contributed by atoms with van der Waals surface area (Å²) in [6, 6.07) is 2.80. The lowest BCUT2D eigenvalue weighted by molar-refractivity contribution is -0.185. The molecule has 0 N–H and O–H groups in total. The van der Waals surface area contributed by atoms with Crippen LogP contribution >= 0.6 is 0 Å². The molecular weight excluding hydrogens is 406 g/mol. The summed E-state index contributed by atoms with van der Waals surface area (Å²) in [5.74, 6) is 0.716. The van der Waals surface area contributed by atoms with Crippen molar-refractivity contribution < 1.29 is 18.6 Å². The van der Waals surface area contributed by atoms with Crippen molar-refractivity contribution in [1.82, 2.24) is 0 Å². The van der Waals surface area contributed by atoms with E-state index in [1.54, 1.807) is 5.57 Å². The molecule has 6 aliphatic rings. The highest BCUT2D eigenvalue weighted by atomic mass is 28.4. The molecule has 6 rings (SSSR count). The molecule has 0 aromatic rings. The number of rotatable bonds is 3. The zero-order chi connectivity index (χ0) is 21.8. The van der Waals surface area contributed by atoms with Crippen molar-refractivity contribution in [3.8, 4) is 6.07 Å². The number of nitriles is 1. The predicted octanol–water partition coefficient (Wildman–Crippen LogP) is 4.94. The van der Waals surface area contributed by atoms with Gasteiger partial charge in [0.05, 0.1) is 31.3 Å². The maximum atomic E-state index is 10.4. The second-order valence-electron chi connectivity index (χ2n) is 12.4. The van der Waals surface area contributed by atoms with Crippen LogP contribution in [0, 0.1) is 34.0 Å². The van der Waals surface area contributed by atoms with Gasteiger partial charge in [-0.15, -0.1) is 0 Å². The van der Waals surface area contributed by atoms with E-state index in [0.29, 0.717) is 31.7 Å². The van der Waals surface area contributed by atoms with E-state index in [0.717, 1.165) is 44.9 Å². The number of fused-ring (bicyclic) bond motifs is 3. The molecule has 0 aromatic heterocycles. The maximum Gasteiger partial charge on any atom is 0.183 e. The number of hydrogen-bond acceptors (Lipinski definition) is 5. The summed E-state index contributed by atoms with van der Waals surface area (Å²) in [6.07, 6.45) is 10.7. The van der Waals surface area contributed by atoms with E-state index < -0.39 is 14.1 Å². The molecule has 2 heterocycles. The minimum atomic E-state index is -1.67. The fourth-order valence-corrected chi connectivity index (χ4v) is 8.93. The van der Waals surface area contributed by atoms with E-state index in [4.69, 9.17) is 18.6 Å². The van der Waals surface area contributed by atoms with Gasteiger partial charge in [-0.2, -0.15) is 5.26 Å². The van der Waals surface area contributed by atoms with Gasteiger partial charge in [-0.1, -0.05) is 13.0 Å². The summed E-state index contributed by atoms with van der Waals surface area (Å²) in [6.45, 7) is 11.1. The summed E-state index contributed by atoms with van der Waals surface area (Å²) in [4.78, 5) is 0. The van der Waals surface area contributed by atoms with E-state index in [-0.39, 0.29) is 22.0 Å². The van der Waals surface area contributed by atoms with Gasteiger partial charge in [0, 0.05) is 12.8 Å². The average Bonchev–Trinajstić information content (AvgIpc) is 3.02. The van der Waals surface area contributed by atoms with Crippen LogP contribution in [0.3, 0.4) is 0 Å². The van der Waals surface area contributed by atoms with Gasteiger partial charge < -0.3 is 18.6 Å². The monoisotopic (exact) mass is 443 g/mol. The summed E-state index contributed by atoms with van der Waals surface area (Å²) in [5.41, 5.74) is 1.05. The molecular formula is C25H37NO4Si. The quantitative estimate of drug-likeness (QED) is 0.351. The van der Waals surface area contributed by atoms with Crippen molar-refractivity contribution in [2.24, 2.45) is 22.7 Å². The molecule has 2 saturated heterocycles. The van der Waals surface area contributed by atoms with Gasteiger partial charge in [-0.3, -0.25) is 0 Å². The third-order valence-corrected chi connectivity index (χ3v) is 11.0. The van der Waals surface area contributed by atoms with Crippen LogP contribution in [0.15, 0.2) is 11.6 Å². The largest absolute Gasteiger partial charge is 0.416 e. The summed E-state index contributed by atoms with van der Waals surface area (Å²) in [7, 11) is -1.67. The number of ether oxygens (including phenoxy) is 3. The van der Waals surface area contributed by atoms with Gasteiger partial charge >= 0.3 is 0 Å². The summed E-state index contributed by atoms with van der Waals surface area (Å²) < 4.78 is 25.2. The number of nitrogens with zero attached hydrogens (tertiary/aromatic N) is 1. The SMILES string of the molecule is C[C@]12CC=C3[C@@H](CC[C@@]45CC6(CC[C@@]34O5)OCCO6)[C@@H]1CC[C@@]2(C#N)CO[Si](C)(C)C. The first-order valence-electron chi connectivity index (χ1n) is 12.4. The second-order valence-corrected chi connectivity index (χ2v) is 16.9. The maximum absolute atomic E-state index is 10.4. The van der Waals surface area contributed by atoms with Gasteiger partial charge in [0.15, 0.2) is 14.1 Å². The summed E-state index contributed by atoms with van der Waals surface area (Å²) in [5, 5.41) is 10.4. The molecule has 0 aromatic carbocycles. The average molecular weight is 444 g/mol. The van der Waals surface area contributed by atoms with Crippen molar-refractivity contribution in [2.45, 2.75) is 94.9 Å². The molecule has 0 unspecified atom stereocenters. The van der Waals surface area contributed by atoms with Gasteiger partial charge in [0.25, 0.3) is 0 Å². The minimum absolute atomic E-state index is 0.00530. The first-order chi connectivity index (χ1) is 14.6. The number of epoxide rings is 1. The number of allylic oxidation sites excluding steroid dienone is 1. The van der Waals surface area contributed by atoms with E-state index >= 15 is 0 Å². The highest BCUT2D eigenvalue weighted by Gasteiger charge is 2.79. The first kappa shape index (κ1) is 20.9. The van der Waals surface area contributed by atoms with Crippen LogP contribution in [0.5, 0.6) is 0 Å². The number of hydrogen-bond donors (Lipinski definition) is 0. The van der Waals surface area contributed by atoms with Crippen molar-refractivity contribution in [1.29, 1.82) is 5.26 Å². The third kappa shape index (κ3) is 2.62. The van der Waals surface area contributed by atoms with Crippen LogP contribution < -0.4 is 0 Å². The molecule has 31 heavy (non-hydrogen) atoms. The molecule has 1 spiro atoms. The van der Waals surface area contributed by atoms with Crippen LogP contribution in [0.1, 0.15) is 58.3 Å². The molecule has 0 radical (unpaired) electrons. The molecule has 0 amide bonds. The van der Waals surface area contributed by atoms with Crippen molar-refractivity contribution in [3.05, 3.63) is 11.6 Å². The molecule has 4 aliphatic carbocycles. The van der Waals surface area contributed by atoms with E-state index in [1.807, 2.05) is 0 Å². The molecule has 2 aliphatic heterocycles. The standard InChI is InChI=1S/C25H37NO4Si/c1-21-8-6-20-18(19(21)7-9-22(21,16-26)17-29-31(2,3)4)5-10-23-15-24(27-13-14-28-24)11-12-25(20,23)30-23/h6,18-19H,5,7-15,17H2,1-4H3/t18-,19-,21-,22+,23+,25+/m0/s1. The van der Waals surface area contributed by atoms with Gasteiger partial charge in [0.2, 0.25) is 0 Å². The fraction of sp³-hybridized carbons (Fsp3) is 0.880. The smallest absolute Gasteiger partial charge is 0.183 e. The third-order valence-electron chi connectivity index (χ3n) is 10.0. The Morgan fingerprint density at radius 2 is 1.90 bits per heavy atom. The Kier molecular flexibility index (Phi) is 4.20. The second kappa shape index (κ2) is 6.24. The van der Waals surface area contributed by atoms with Gasteiger partial charge in [-0.25, -0.2) is 0 Å². The fourth-order valence-electron chi connectivity index (χ4n) is 8.25. The zero-order valence-corrected chi connectivity index (χ0v) is 20.6. The lowest BCUT2D eigenvalue weighted by Crippen LogP contribution is -2.53. The Morgan fingerprint density at radius 1 is 1.13 bits per heavy atom. The molecule has 3 saturated carbocycles. The lowest BCUT2D eigenvalue weighted by atomic mass is 9.51. The highest BCUT2D eigenvalue weighted by molar-refractivity contribution is 6.69. The van der Waals surface area contributed by atoms with Crippen molar-refractivity contribution in [3.63, 3.8) is 0 Å². The van der Waals surface area contributed by atoms with Crippen LogP contribution in [-0.2, 0) is 18.6 Å². The molecule has 5 nitrogen and oxygen atoms in total. The Labute approximate surface area is 187 Å². The minimum Gasteiger partial charge on any atom is -0.416 e. The zero-order valence-electron chi connectivity index (χ0n) is 19.6. The van der Waals surface area contributed by atoms with Crippen molar-refractivity contribution >= 4 is 8.32 Å². The van der Waals surface area contributed by atoms with Crippen LogP contribution in [0.25, 0.3) is 0 Å². The lowest BCUT2D eigenvalue weighted by Gasteiger charge is -2.52. The normalized spacial score (nSPS) is 49.5. The molecule has 170 valence electrons. The Morgan fingerprint density at radius 3 is 2.61 bits per heavy atom. The Hall–Kier alpha value is -0.713. The summed E-state index contributed by atoms with van der Waals surface area (Å²) >= 11 is 0. The predicted molar refractivity (Wildman–Crippen MR) is 119 cm³/mol. The van der Waals surface area contributed by atoms with E-state index in [2.05, 4.69) is 38.7 Å². The Bertz CT molecular complexity index is 870. The van der Waals surface area contributed by atoms with Gasteiger partial charge in [0.1, 0.15) is 11.2 Å². The van der Waals surface area contributed by atoms with E-state index in [9.17, 15) is 5.26 Å². The topological polar surface area (TPSA) is 64.0 Å². The van der Waals surface area contributed by atoms with E-state index in [1.165, 1.54) is 6.42 Å². The first-order valence-corrected chi connectivity index (χ1v) is 15.8. The molecule has 6 heteroatoms. The van der Waals surface area contributed by atoms with Crippen LogP contribution in [0.2, 0.25) is 19.6 Å². The molecule has 6 atom stereocenters. The molecule has 5 fully saturated rings. The Balaban J connectivity index is 1.30. The van der Waals surface area contributed by atoms with Crippen LogP contribution in [-0.4, -0.2) is 45.1 Å². The molecule has 0 bridgehead atoms.